The van der Waals surface area contributed by atoms with Crippen molar-refractivity contribution in [2.24, 2.45) is 16.7 Å². The lowest BCUT2D eigenvalue weighted by Crippen LogP contribution is -2.38. The van der Waals surface area contributed by atoms with Crippen molar-refractivity contribution in [3.05, 3.63) is 34.9 Å². The van der Waals surface area contributed by atoms with E-state index < -0.39 is 0 Å². The first-order valence-electron chi connectivity index (χ1n) is 7.12. The molecular formula is C15H24N4O. The molecule has 1 fully saturated rings. The highest BCUT2D eigenvalue weighted by Crippen LogP contribution is 2.13. The molecule has 5 nitrogen and oxygen atoms in total. The predicted molar refractivity (Wildman–Crippen MR) is 81.1 cm³/mol. The molecule has 1 aromatic carbocycles. The second-order valence-electron chi connectivity index (χ2n) is 5.39. The van der Waals surface area contributed by atoms with Gasteiger partial charge in [0.1, 0.15) is 0 Å². The molecule has 20 heavy (non-hydrogen) atoms. The van der Waals surface area contributed by atoms with E-state index in [1.54, 1.807) is 0 Å². The Morgan fingerprint density at radius 2 is 2.15 bits per heavy atom. The lowest BCUT2D eigenvalue weighted by molar-refractivity contribution is -0.00546. The summed E-state index contributed by atoms with van der Waals surface area (Å²) in [5, 5.41) is 5.63. The second-order valence-corrected chi connectivity index (χ2v) is 5.39. The first kappa shape index (κ1) is 14.8. The number of hydrogen-bond acceptors (Lipinski definition) is 4. The number of hydrazine groups is 1. The minimum absolute atomic E-state index is 0.157. The molecule has 110 valence electrons. The summed E-state index contributed by atoms with van der Waals surface area (Å²) in [6.45, 7) is 5.52. The Balaban J connectivity index is 1.99. The molecule has 0 bridgehead atoms. The van der Waals surface area contributed by atoms with Crippen molar-refractivity contribution in [3.63, 3.8) is 0 Å². The third-order valence-electron chi connectivity index (χ3n) is 3.70. The van der Waals surface area contributed by atoms with Crippen LogP contribution in [0, 0.1) is 13.8 Å². The van der Waals surface area contributed by atoms with Gasteiger partial charge in [-0.15, -0.1) is 5.10 Å². The zero-order chi connectivity index (χ0) is 14.5. The van der Waals surface area contributed by atoms with Gasteiger partial charge in [-0.2, -0.15) is 0 Å². The second kappa shape index (κ2) is 6.72. The van der Waals surface area contributed by atoms with Gasteiger partial charge < -0.3 is 10.5 Å². The summed E-state index contributed by atoms with van der Waals surface area (Å²) < 4.78 is 5.64. The van der Waals surface area contributed by atoms with E-state index in [0.29, 0.717) is 12.4 Å². The molecule has 1 saturated heterocycles. The Hall–Kier alpha value is -1.59. The van der Waals surface area contributed by atoms with Crippen LogP contribution in [-0.2, 0) is 4.74 Å². The highest BCUT2D eigenvalue weighted by atomic mass is 16.5. The van der Waals surface area contributed by atoms with Gasteiger partial charge in [-0.05, 0) is 50.3 Å². The van der Waals surface area contributed by atoms with Crippen LogP contribution in [0.5, 0.6) is 0 Å². The Bertz CT molecular complexity index is 481. The number of ether oxygens (including phenoxy) is 1. The molecule has 1 aliphatic rings. The van der Waals surface area contributed by atoms with Crippen molar-refractivity contribution in [1.82, 2.24) is 5.12 Å². The fourth-order valence-electron chi connectivity index (χ4n) is 2.30. The van der Waals surface area contributed by atoms with E-state index in [2.05, 4.69) is 18.9 Å². The molecule has 0 amide bonds. The van der Waals surface area contributed by atoms with Crippen LogP contribution in [0.2, 0.25) is 0 Å². The maximum atomic E-state index is 6.01. The normalized spacial score (nSPS) is 19.9. The fraction of sp³-hybridized carbons (Fsp3) is 0.533. The summed E-state index contributed by atoms with van der Waals surface area (Å²) in [4.78, 5) is 0. The van der Waals surface area contributed by atoms with E-state index in [-0.39, 0.29) is 6.10 Å². The van der Waals surface area contributed by atoms with Gasteiger partial charge in [0.25, 0.3) is 0 Å². The molecule has 1 aliphatic heterocycles. The summed E-state index contributed by atoms with van der Waals surface area (Å²) in [5.41, 5.74) is 9.34. The lowest BCUT2D eigenvalue weighted by Gasteiger charge is -2.25. The van der Waals surface area contributed by atoms with Gasteiger partial charge in [0, 0.05) is 12.2 Å². The highest BCUT2D eigenvalue weighted by Gasteiger charge is 2.16. The Labute approximate surface area is 120 Å². The lowest BCUT2D eigenvalue weighted by atomic mass is 10.1. The first-order valence-corrected chi connectivity index (χ1v) is 7.12. The molecule has 0 spiro atoms. The van der Waals surface area contributed by atoms with Crippen LogP contribution in [0.15, 0.2) is 23.3 Å². The summed E-state index contributed by atoms with van der Waals surface area (Å²) in [7, 11) is 0. The zero-order valence-corrected chi connectivity index (χ0v) is 12.3. The number of nitrogens with zero attached hydrogens (tertiary/aromatic N) is 2. The molecule has 0 radical (unpaired) electrons. The molecule has 0 saturated carbocycles. The fourth-order valence-corrected chi connectivity index (χ4v) is 2.30. The number of nitrogens with two attached hydrogens (primary N) is 2. The minimum Gasteiger partial charge on any atom is -0.382 e. The van der Waals surface area contributed by atoms with Crippen LogP contribution in [0.25, 0.3) is 0 Å². The van der Waals surface area contributed by atoms with E-state index in [9.17, 15) is 0 Å². The maximum Gasteiger partial charge on any atom is 0.152 e. The van der Waals surface area contributed by atoms with Crippen LogP contribution in [-0.4, -0.2) is 30.2 Å². The van der Waals surface area contributed by atoms with Crippen LogP contribution >= 0.6 is 0 Å². The summed E-state index contributed by atoms with van der Waals surface area (Å²) in [6.07, 6.45) is 3.52. The van der Waals surface area contributed by atoms with Crippen LogP contribution in [0.1, 0.15) is 36.0 Å². The van der Waals surface area contributed by atoms with E-state index in [0.717, 1.165) is 25.0 Å². The molecule has 1 heterocycles. The number of rotatable bonds is 4. The smallest absolute Gasteiger partial charge is 0.152 e. The first-order chi connectivity index (χ1) is 9.56. The van der Waals surface area contributed by atoms with Crippen molar-refractivity contribution in [3.8, 4) is 0 Å². The van der Waals surface area contributed by atoms with Crippen LogP contribution in [0.3, 0.4) is 0 Å². The molecule has 5 heteroatoms. The predicted octanol–water partition coefficient (Wildman–Crippen LogP) is 1.67. The van der Waals surface area contributed by atoms with Gasteiger partial charge in [0.05, 0.1) is 12.6 Å². The van der Waals surface area contributed by atoms with Crippen molar-refractivity contribution in [1.29, 1.82) is 0 Å². The average Bonchev–Trinajstić information content (AvgIpc) is 2.42. The van der Waals surface area contributed by atoms with Crippen molar-refractivity contribution >= 4 is 5.84 Å². The van der Waals surface area contributed by atoms with Gasteiger partial charge >= 0.3 is 0 Å². The quantitative estimate of drug-likeness (QED) is 0.379. The molecule has 1 atom stereocenters. The highest BCUT2D eigenvalue weighted by molar-refractivity contribution is 5.97. The summed E-state index contributed by atoms with van der Waals surface area (Å²) in [5.74, 6) is 6.33. The molecule has 2 rings (SSSR count). The Morgan fingerprint density at radius 1 is 1.35 bits per heavy atom. The zero-order valence-electron chi connectivity index (χ0n) is 12.3. The molecule has 4 N–H and O–H groups in total. The van der Waals surface area contributed by atoms with Gasteiger partial charge in [-0.3, -0.25) is 0 Å². The average molecular weight is 276 g/mol. The number of hydrogen-bond donors (Lipinski definition) is 2. The number of amidine groups is 1. The van der Waals surface area contributed by atoms with E-state index in [1.807, 2.05) is 18.2 Å². The van der Waals surface area contributed by atoms with E-state index >= 15 is 0 Å². The van der Waals surface area contributed by atoms with Gasteiger partial charge in [0.15, 0.2) is 5.84 Å². The maximum absolute atomic E-state index is 6.01. The van der Waals surface area contributed by atoms with E-state index in [1.165, 1.54) is 22.7 Å². The van der Waals surface area contributed by atoms with Crippen molar-refractivity contribution < 1.29 is 4.74 Å². The standard InChI is InChI=1S/C15H24N4O/c1-11-6-7-13(9-12(11)2)15(16)18-19(17)10-14-5-3-4-8-20-14/h6-7,9,14H,3-5,8,10,17H2,1-2H3,(H2,16,18). The van der Waals surface area contributed by atoms with Gasteiger partial charge in [0.2, 0.25) is 0 Å². The third-order valence-corrected chi connectivity index (χ3v) is 3.70. The number of benzene rings is 1. The number of aryl methyl sites for hydroxylation is 2. The summed E-state index contributed by atoms with van der Waals surface area (Å²) in [6, 6.07) is 6.03. The SMILES string of the molecule is Cc1ccc(/C(N)=N/N(N)CC2CCCCO2)cc1C. The molecule has 0 aromatic heterocycles. The molecule has 0 aliphatic carbocycles. The van der Waals surface area contributed by atoms with Crippen molar-refractivity contribution in [2.45, 2.75) is 39.2 Å². The number of hydrazone groups is 1. The van der Waals surface area contributed by atoms with Crippen molar-refractivity contribution in [2.75, 3.05) is 13.2 Å². The monoisotopic (exact) mass is 276 g/mol. The molecule has 1 unspecified atom stereocenters. The third kappa shape index (κ3) is 3.95. The topological polar surface area (TPSA) is 76.9 Å². The largest absolute Gasteiger partial charge is 0.382 e. The van der Waals surface area contributed by atoms with Crippen LogP contribution in [0.4, 0.5) is 0 Å². The minimum atomic E-state index is 0.157. The summed E-state index contributed by atoms with van der Waals surface area (Å²) >= 11 is 0. The van der Waals surface area contributed by atoms with Gasteiger partial charge in [-0.25, -0.2) is 11.0 Å². The Morgan fingerprint density at radius 3 is 2.80 bits per heavy atom. The van der Waals surface area contributed by atoms with Crippen LogP contribution < -0.4 is 11.6 Å². The van der Waals surface area contributed by atoms with Gasteiger partial charge in [-0.1, -0.05) is 12.1 Å². The molecule has 1 aromatic rings. The Kier molecular flexibility index (Phi) is 4.98. The van der Waals surface area contributed by atoms with E-state index in [4.69, 9.17) is 16.3 Å². The molecular weight excluding hydrogens is 252 g/mol.